The number of hydrogen-bond acceptors (Lipinski definition) is 3. The van der Waals surface area contributed by atoms with Gasteiger partial charge < -0.3 is 10.3 Å². The van der Waals surface area contributed by atoms with Crippen LogP contribution in [0.5, 0.6) is 0 Å². The molecule has 0 aliphatic heterocycles. The molecule has 3 rings (SSSR count). The zero-order valence-corrected chi connectivity index (χ0v) is 12.4. The van der Waals surface area contributed by atoms with E-state index in [0.717, 1.165) is 5.69 Å². The SMILES string of the molecule is O=C(NCCc1cnc[nH]1)c1sc2cc(F)ccc2c1Cl. The second kappa shape index (κ2) is 5.83. The molecule has 1 amide bonds. The molecule has 3 aromatic rings. The third-order valence-corrected chi connectivity index (χ3v) is 4.69. The molecule has 0 spiro atoms. The van der Waals surface area contributed by atoms with Crippen LogP contribution < -0.4 is 5.32 Å². The van der Waals surface area contributed by atoms with Crippen LogP contribution in [-0.2, 0) is 6.42 Å². The Kier molecular flexibility index (Phi) is 3.90. The van der Waals surface area contributed by atoms with Crippen molar-refractivity contribution in [3.05, 3.63) is 52.1 Å². The number of fused-ring (bicyclic) bond motifs is 1. The number of rotatable bonds is 4. The molecule has 1 aromatic carbocycles. The second-order valence-electron chi connectivity index (χ2n) is 4.47. The number of halogens is 2. The maximum absolute atomic E-state index is 13.2. The average Bonchev–Trinajstić information content (AvgIpc) is 3.07. The summed E-state index contributed by atoms with van der Waals surface area (Å²) in [6.07, 6.45) is 3.96. The first-order valence-corrected chi connectivity index (χ1v) is 7.47. The van der Waals surface area contributed by atoms with Crippen molar-refractivity contribution in [1.29, 1.82) is 0 Å². The number of aromatic amines is 1. The fourth-order valence-corrected chi connectivity index (χ4v) is 3.46. The Bertz CT molecular complexity index is 785. The molecule has 0 bridgehead atoms. The van der Waals surface area contributed by atoms with Gasteiger partial charge in [0.05, 0.1) is 11.3 Å². The van der Waals surface area contributed by atoms with E-state index in [1.807, 2.05) is 0 Å². The zero-order valence-electron chi connectivity index (χ0n) is 10.8. The molecule has 2 heterocycles. The number of imidazole rings is 1. The molecule has 0 saturated heterocycles. The van der Waals surface area contributed by atoms with Gasteiger partial charge in [-0.1, -0.05) is 11.6 Å². The summed E-state index contributed by atoms with van der Waals surface area (Å²) in [4.78, 5) is 19.4. The van der Waals surface area contributed by atoms with Gasteiger partial charge in [0.15, 0.2) is 0 Å². The summed E-state index contributed by atoms with van der Waals surface area (Å²) >= 11 is 7.38. The van der Waals surface area contributed by atoms with Gasteiger partial charge in [-0.25, -0.2) is 9.37 Å². The first-order chi connectivity index (χ1) is 10.1. The molecule has 0 saturated carbocycles. The quantitative estimate of drug-likeness (QED) is 0.773. The van der Waals surface area contributed by atoms with Gasteiger partial charge in [0, 0.05) is 34.9 Å². The highest BCUT2D eigenvalue weighted by Gasteiger charge is 2.17. The van der Waals surface area contributed by atoms with Crippen LogP contribution in [0.25, 0.3) is 10.1 Å². The summed E-state index contributed by atoms with van der Waals surface area (Å²) in [6.45, 7) is 0.472. The van der Waals surface area contributed by atoms with Crippen molar-refractivity contribution in [2.24, 2.45) is 0 Å². The van der Waals surface area contributed by atoms with E-state index < -0.39 is 0 Å². The lowest BCUT2D eigenvalue weighted by Gasteiger charge is -2.02. The van der Waals surface area contributed by atoms with Gasteiger partial charge >= 0.3 is 0 Å². The van der Waals surface area contributed by atoms with E-state index in [-0.39, 0.29) is 11.7 Å². The minimum atomic E-state index is -0.341. The lowest BCUT2D eigenvalue weighted by atomic mass is 10.2. The number of thiophene rings is 1. The Hall–Kier alpha value is -1.92. The molecule has 0 radical (unpaired) electrons. The Labute approximate surface area is 129 Å². The number of nitrogens with zero attached hydrogens (tertiary/aromatic N) is 1. The van der Waals surface area contributed by atoms with Crippen LogP contribution in [0.15, 0.2) is 30.7 Å². The predicted molar refractivity (Wildman–Crippen MR) is 81.4 cm³/mol. The number of nitrogens with one attached hydrogen (secondary N) is 2. The summed E-state index contributed by atoms with van der Waals surface area (Å²) in [5.41, 5.74) is 0.944. The molecular formula is C14H11ClFN3OS. The highest BCUT2D eigenvalue weighted by atomic mass is 35.5. The minimum absolute atomic E-state index is 0.249. The molecule has 0 atom stereocenters. The van der Waals surface area contributed by atoms with Crippen LogP contribution >= 0.6 is 22.9 Å². The summed E-state index contributed by atoms with van der Waals surface area (Å²) < 4.78 is 13.9. The Morgan fingerprint density at radius 1 is 1.48 bits per heavy atom. The monoisotopic (exact) mass is 323 g/mol. The van der Waals surface area contributed by atoms with Crippen molar-refractivity contribution in [1.82, 2.24) is 15.3 Å². The smallest absolute Gasteiger partial charge is 0.262 e. The number of hydrogen-bond donors (Lipinski definition) is 2. The molecule has 4 nitrogen and oxygen atoms in total. The zero-order chi connectivity index (χ0) is 14.8. The fraction of sp³-hybridized carbons (Fsp3) is 0.143. The Morgan fingerprint density at radius 3 is 3.10 bits per heavy atom. The van der Waals surface area contributed by atoms with Crippen LogP contribution in [0, 0.1) is 5.82 Å². The van der Waals surface area contributed by atoms with Crippen LogP contribution in [0.1, 0.15) is 15.4 Å². The number of H-pyrrole nitrogens is 1. The highest BCUT2D eigenvalue weighted by Crippen LogP contribution is 2.35. The van der Waals surface area contributed by atoms with Gasteiger partial charge in [-0.2, -0.15) is 0 Å². The maximum atomic E-state index is 13.2. The molecule has 7 heteroatoms. The third-order valence-electron chi connectivity index (χ3n) is 3.03. The van der Waals surface area contributed by atoms with Gasteiger partial charge in [-0.15, -0.1) is 11.3 Å². The lowest BCUT2D eigenvalue weighted by Crippen LogP contribution is -2.25. The van der Waals surface area contributed by atoms with Crippen molar-refractivity contribution in [2.45, 2.75) is 6.42 Å². The van der Waals surface area contributed by atoms with Gasteiger partial charge in [-0.3, -0.25) is 4.79 Å². The molecule has 0 aliphatic rings. The third kappa shape index (κ3) is 2.91. The topological polar surface area (TPSA) is 57.8 Å². The van der Waals surface area contributed by atoms with Crippen molar-refractivity contribution in [2.75, 3.05) is 6.54 Å². The average molecular weight is 324 g/mol. The number of carbonyl (C=O) groups is 1. The normalized spacial score (nSPS) is 11.0. The van der Waals surface area contributed by atoms with E-state index in [4.69, 9.17) is 11.6 Å². The summed E-state index contributed by atoms with van der Waals surface area (Å²) in [5.74, 6) is -0.590. The summed E-state index contributed by atoms with van der Waals surface area (Å²) in [7, 11) is 0. The van der Waals surface area contributed by atoms with Crippen molar-refractivity contribution in [3.8, 4) is 0 Å². The maximum Gasteiger partial charge on any atom is 0.262 e. The molecule has 21 heavy (non-hydrogen) atoms. The fourth-order valence-electron chi connectivity index (χ4n) is 2.00. The van der Waals surface area contributed by atoms with Crippen LogP contribution in [0.2, 0.25) is 5.02 Å². The highest BCUT2D eigenvalue weighted by molar-refractivity contribution is 7.21. The number of amides is 1. The summed E-state index contributed by atoms with van der Waals surface area (Å²) in [5, 5.41) is 3.86. The first-order valence-electron chi connectivity index (χ1n) is 6.28. The summed E-state index contributed by atoms with van der Waals surface area (Å²) in [6, 6.07) is 4.30. The molecule has 0 fully saturated rings. The van der Waals surface area contributed by atoms with Gasteiger partial charge in [0.1, 0.15) is 10.7 Å². The van der Waals surface area contributed by atoms with Crippen molar-refractivity contribution in [3.63, 3.8) is 0 Å². The molecule has 0 unspecified atom stereocenters. The van der Waals surface area contributed by atoms with Gasteiger partial charge in [0.25, 0.3) is 5.91 Å². The van der Waals surface area contributed by atoms with Crippen molar-refractivity contribution < 1.29 is 9.18 Å². The van der Waals surface area contributed by atoms with Gasteiger partial charge in [0.2, 0.25) is 0 Å². The Balaban J connectivity index is 1.73. The largest absolute Gasteiger partial charge is 0.351 e. The Morgan fingerprint density at radius 2 is 2.33 bits per heavy atom. The molecule has 0 aliphatic carbocycles. The minimum Gasteiger partial charge on any atom is -0.351 e. The molecule has 108 valence electrons. The molecule has 2 aromatic heterocycles. The molecule has 2 N–H and O–H groups in total. The first kappa shape index (κ1) is 14.0. The predicted octanol–water partition coefficient (Wildman–Crippen LogP) is 3.39. The standard InChI is InChI=1S/C14H11ClFN3OS/c15-12-10-2-1-8(16)5-11(10)21-13(12)14(20)18-4-3-9-6-17-7-19-9/h1-2,5-7H,3-4H2,(H,17,19)(H,18,20). The van der Waals surface area contributed by atoms with E-state index in [9.17, 15) is 9.18 Å². The van der Waals surface area contributed by atoms with Gasteiger partial charge in [-0.05, 0) is 18.2 Å². The van der Waals surface area contributed by atoms with Crippen molar-refractivity contribution >= 4 is 38.9 Å². The number of carbonyl (C=O) groups excluding carboxylic acids is 1. The van der Waals surface area contributed by atoms with Crippen LogP contribution in [0.3, 0.4) is 0 Å². The molecular weight excluding hydrogens is 313 g/mol. The second-order valence-corrected chi connectivity index (χ2v) is 5.90. The lowest BCUT2D eigenvalue weighted by molar-refractivity contribution is 0.0958. The van der Waals surface area contributed by atoms with Crippen LogP contribution in [-0.4, -0.2) is 22.4 Å². The number of benzene rings is 1. The van der Waals surface area contributed by atoms with E-state index in [0.29, 0.717) is 33.0 Å². The van der Waals surface area contributed by atoms with E-state index in [1.54, 1.807) is 18.6 Å². The van der Waals surface area contributed by atoms with E-state index in [1.165, 1.54) is 23.5 Å². The van der Waals surface area contributed by atoms with Crippen LogP contribution in [0.4, 0.5) is 4.39 Å². The number of aromatic nitrogens is 2. The van der Waals surface area contributed by atoms with E-state index in [2.05, 4.69) is 15.3 Å². The van der Waals surface area contributed by atoms with E-state index >= 15 is 0 Å².